The molecule has 180 valence electrons. The van der Waals surface area contributed by atoms with E-state index in [2.05, 4.69) is 5.32 Å². The van der Waals surface area contributed by atoms with Crippen LogP contribution in [0.4, 0.5) is 10.1 Å². The van der Waals surface area contributed by atoms with Crippen LogP contribution in [0.15, 0.2) is 54.6 Å². The fraction of sp³-hybridized carbons (Fsp3) is 0.160. The van der Waals surface area contributed by atoms with Crippen LogP contribution >= 0.6 is 58.0 Å². The van der Waals surface area contributed by atoms with E-state index >= 15 is 0 Å². The number of ketones is 1. The van der Waals surface area contributed by atoms with Gasteiger partial charge in [-0.05, 0) is 53.6 Å². The van der Waals surface area contributed by atoms with Crippen molar-refractivity contribution in [1.29, 1.82) is 0 Å². The molecule has 0 aliphatic heterocycles. The quantitative estimate of drug-likeness (QED) is 0.180. The Morgan fingerprint density at radius 1 is 0.971 bits per heavy atom. The Morgan fingerprint density at radius 3 is 2.29 bits per heavy atom. The molecule has 1 N–H and O–H groups in total. The van der Waals surface area contributed by atoms with Crippen LogP contribution in [-0.2, 0) is 11.2 Å². The number of halogens is 6. The molecule has 1 aliphatic rings. The second-order valence-corrected chi connectivity index (χ2v) is 10.8. The Hall–Kier alpha value is -2.15. The van der Waals surface area contributed by atoms with Gasteiger partial charge < -0.3 is 5.32 Å². The van der Waals surface area contributed by atoms with Gasteiger partial charge >= 0.3 is 0 Å². The van der Waals surface area contributed by atoms with E-state index in [-0.39, 0.29) is 28.1 Å². The normalized spacial score (nSPS) is 18.1. The van der Waals surface area contributed by atoms with Crippen molar-refractivity contribution < 1.29 is 18.8 Å². The van der Waals surface area contributed by atoms with Crippen molar-refractivity contribution in [1.82, 2.24) is 0 Å². The van der Waals surface area contributed by atoms with E-state index in [0.29, 0.717) is 27.6 Å². The van der Waals surface area contributed by atoms with Crippen LogP contribution in [0.3, 0.4) is 0 Å². The first kappa shape index (κ1) is 25.9. The number of nitrogens with one attached hydrogen (secondary N) is 1. The molecular formula is C25H15Cl5FNO3. The fourth-order valence-corrected chi connectivity index (χ4v) is 5.50. The first-order chi connectivity index (χ1) is 16.5. The molecule has 4 nitrogen and oxygen atoms in total. The Kier molecular flexibility index (Phi) is 7.46. The average molecular weight is 574 g/mol. The number of carbonyl (C=O) groups excluding carboxylic acids is 3. The van der Waals surface area contributed by atoms with E-state index in [1.807, 2.05) is 0 Å². The number of Topliss-reactive ketones (excluding diaryl/α,β-unsaturated/α-hetero) is 1. The van der Waals surface area contributed by atoms with Crippen LogP contribution in [-0.4, -0.2) is 22.3 Å². The molecule has 10 heteroatoms. The Morgan fingerprint density at radius 2 is 1.66 bits per heavy atom. The second-order valence-electron chi connectivity index (χ2n) is 8.09. The van der Waals surface area contributed by atoms with Gasteiger partial charge in [0, 0.05) is 39.2 Å². The van der Waals surface area contributed by atoms with Crippen molar-refractivity contribution in [3.63, 3.8) is 0 Å². The van der Waals surface area contributed by atoms with Crippen LogP contribution in [0, 0.1) is 11.7 Å². The third kappa shape index (κ3) is 5.50. The molecule has 3 aromatic carbocycles. The minimum absolute atomic E-state index is 0.0975. The third-order valence-corrected chi connectivity index (χ3v) is 7.38. The first-order valence-corrected chi connectivity index (χ1v) is 12.1. The van der Waals surface area contributed by atoms with Gasteiger partial charge in [0.25, 0.3) is 0 Å². The topological polar surface area (TPSA) is 63.2 Å². The SMILES string of the molecule is O=Cc1ccc(CC(=O)c2cc(NC(=O)C3C(c4cc(Cl)cc(Cl)c4)C3(Cl)Cl)ccc2Cl)c(F)c1. The van der Waals surface area contributed by atoms with Gasteiger partial charge in [0.1, 0.15) is 16.4 Å². The monoisotopic (exact) mass is 571 g/mol. The Bertz CT molecular complexity index is 1340. The molecule has 2 atom stereocenters. The smallest absolute Gasteiger partial charge is 0.231 e. The van der Waals surface area contributed by atoms with E-state index in [1.54, 1.807) is 18.2 Å². The highest BCUT2D eigenvalue weighted by Gasteiger charge is 2.67. The lowest BCUT2D eigenvalue weighted by molar-refractivity contribution is -0.117. The predicted octanol–water partition coefficient (Wildman–Crippen LogP) is 7.55. The van der Waals surface area contributed by atoms with Gasteiger partial charge in [-0.1, -0.05) is 46.9 Å². The van der Waals surface area contributed by atoms with E-state index < -0.39 is 33.7 Å². The van der Waals surface area contributed by atoms with Crippen molar-refractivity contribution in [3.8, 4) is 0 Å². The number of alkyl halides is 2. The highest BCUT2D eigenvalue weighted by atomic mass is 35.5. The molecule has 1 saturated carbocycles. The molecule has 3 aromatic rings. The van der Waals surface area contributed by atoms with E-state index in [0.717, 1.165) is 6.07 Å². The summed E-state index contributed by atoms with van der Waals surface area (Å²) in [5.41, 5.74) is 1.29. The molecule has 0 aromatic heterocycles. The number of benzene rings is 3. The van der Waals surface area contributed by atoms with Crippen molar-refractivity contribution >= 4 is 81.7 Å². The van der Waals surface area contributed by atoms with Crippen LogP contribution in [0.25, 0.3) is 0 Å². The molecule has 1 aliphatic carbocycles. The van der Waals surface area contributed by atoms with Gasteiger partial charge in [-0.2, -0.15) is 0 Å². The molecule has 0 bridgehead atoms. The van der Waals surface area contributed by atoms with Crippen LogP contribution in [0.1, 0.15) is 37.8 Å². The summed E-state index contributed by atoms with van der Waals surface area (Å²) in [7, 11) is 0. The highest BCUT2D eigenvalue weighted by Crippen LogP contribution is 2.65. The van der Waals surface area contributed by atoms with Crippen LogP contribution < -0.4 is 5.32 Å². The number of anilines is 1. The molecule has 1 fully saturated rings. The Labute approximate surface area is 225 Å². The summed E-state index contributed by atoms with van der Waals surface area (Å²) >= 11 is 31.1. The molecule has 2 unspecified atom stereocenters. The van der Waals surface area contributed by atoms with Crippen molar-refractivity contribution in [3.05, 3.63) is 97.7 Å². The molecule has 35 heavy (non-hydrogen) atoms. The van der Waals surface area contributed by atoms with Crippen LogP contribution in [0.5, 0.6) is 0 Å². The molecule has 4 rings (SSSR count). The lowest BCUT2D eigenvalue weighted by atomic mass is 10.0. The van der Waals surface area contributed by atoms with E-state index in [4.69, 9.17) is 58.0 Å². The zero-order valence-electron chi connectivity index (χ0n) is 17.6. The van der Waals surface area contributed by atoms with Gasteiger partial charge in [0.05, 0.1) is 10.9 Å². The van der Waals surface area contributed by atoms with Gasteiger partial charge in [-0.3, -0.25) is 14.4 Å². The maximum absolute atomic E-state index is 14.2. The van der Waals surface area contributed by atoms with E-state index in [1.165, 1.54) is 30.3 Å². The second kappa shape index (κ2) is 10.1. The number of aldehydes is 1. The minimum Gasteiger partial charge on any atom is -0.326 e. The number of rotatable bonds is 7. The third-order valence-electron chi connectivity index (χ3n) is 5.68. The first-order valence-electron chi connectivity index (χ1n) is 10.2. The molecule has 0 spiro atoms. The molecule has 0 heterocycles. The summed E-state index contributed by atoms with van der Waals surface area (Å²) in [6.07, 6.45) is 0.230. The Balaban J connectivity index is 1.51. The van der Waals surface area contributed by atoms with Gasteiger partial charge in [-0.15, -0.1) is 23.2 Å². The fourth-order valence-electron chi connectivity index (χ4n) is 3.91. The standard InChI is InChI=1S/C25H15Cl5FNO3/c26-15-6-14(7-16(27)9-15)22-23(25(22,29)30)24(35)32-17-3-4-19(28)18(10-17)21(34)8-13-2-1-12(11-33)5-20(13)31/h1-7,9-11,22-23H,8H2,(H,32,35). The van der Waals surface area contributed by atoms with Crippen molar-refractivity contribution in [2.45, 2.75) is 16.7 Å². The summed E-state index contributed by atoms with van der Waals surface area (Å²) in [4.78, 5) is 36.6. The summed E-state index contributed by atoms with van der Waals surface area (Å²) in [5, 5.41) is 3.62. The largest absolute Gasteiger partial charge is 0.326 e. The summed E-state index contributed by atoms with van der Waals surface area (Å²) in [6.45, 7) is 0. The lowest BCUT2D eigenvalue weighted by Crippen LogP contribution is -2.17. The lowest BCUT2D eigenvalue weighted by Gasteiger charge is -2.10. The summed E-state index contributed by atoms with van der Waals surface area (Å²) in [6, 6.07) is 13.1. The maximum atomic E-state index is 14.2. The number of carbonyl (C=O) groups is 3. The molecule has 0 radical (unpaired) electrons. The molecular weight excluding hydrogens is 559 g/mol. The summed E-state index contributed by atoms with van der Waals surface area (Å²) in [5.74, 6) is -2.93. The van der Waals surface area contributed by atoms with Gasteiger partial charge in [-0.25, -0.2) is 4.39 Å². The van der Waals surface area contributed by atoms with Gasteiger partial charge in [0.15, 0.2) is 5.78 Å². The van der Waals surface area contributed by atoms with Gasteiger partial charge in [0.2, 0.25) is 5.91 Å². The summed E-state index contributed by atoms with van der Waals surface area (Å²) < 4.78 is 12.9. The zero-order valence-corrected chi connectivity index (χ0v) is 21.4. The van der Waals surface area contributed by atoms with E-state index in [9.17, 15) is 18.8 Å². The molecule has 1 amide bonds. The number of hydrogen-bond acceptors (Lipinski definition) is 3. The zero-order chi connectivity index (χ0) is 25.5. The minimum atomic E-state index is -1.37. The number of amides is 1. The average Bonchev–Trinajstić information content (AvgIpc) is 3.37. The molecule has 0 saturated heterocycles. The van der Waals surface area contributed by atoms with Crippen molar-refractivity contribution in [2.24, 2.45) is 5.92 Å². The highest BCUT2D eigenvalue weighted by molar-refractivity contribution is 6.53. The maximum Gasteiger partial charge on any atom is 0.231 e. The van der Waals surface area contributed by atoms with Crippen LogP contribution in [0.2, 0.25) is 15.1 Å². The number of hydrogen-bond donors (Lipinski definition) is 1. The predicted molar refractivity (Wildman–Crippen MR) is 137 cm³/mol. The van der Waals surface area contributed by atoms with Crippen molar-refractivity contribution in [2.75, 3.05) is 5.32 Å².